The molecule has 1 saturated heterocycles. The number of benzene rings is 1. The van der Waals surface area contributed by atoms with E-state index < -0.39 is 38.3 Å². The van der Waals surface area contributed by atoms with E-state index in [1.807, 2.05) is 0 Å². The van der Waals surface area contributed by atoms with Gasteiger partial charge in [0.05, 0.1) is 24.0 Å². The van der Waals surface area contributed by atoms with E-state index in [4.69, 9.17) is 4.74 Å². The second-order valence-corrected chi connectivity index (χ2v) is 8.62. The number of allylic oxidation sites excluding steroid dienone is 1. The van der Waals surface area contributed by atoms with Crippen LogP contribution < -0.4 is 0 Å². The second-order valence-electron chi connectivity index (χ2n) is 6.80. The van der Waals surface area contributed by atoms with Crippen molar-refractivity contribution >= 4 is 27.6 Å². The van der Waals surface area contributed by atoms with Gasteiger partial charge in [-0.15, -0.1) is 0 Å². The molecular weight excluding hydrogens is 392 g/mol. The number of ether oxygens (including phenoxy) is 2. The molecule has 2 rings (SSSR count). The number of carbonyl (C=O) groups is 2. The molecule has 1 fully saturated rings. The third-order valence-electron chi connectivity index (χ3n) is 4.41. The molecule has 0 N–H and O–H groups in total. The van der Waals surface area contributed by atoms with E-state index in [-0.39, 0.29) is 22.7 Å². The fourth-order valence-corrected chi connectivity index (χ4v) is 4.89. The first-order valence-electron chi connectivity index (χ1n) is 8.11. The maximum Gasteiger partial charge on any atom is 0.332 e. The zero-order chi connectivity index (χ0) is 21.3. The SMILES string of the molecule is COC(=O)/C=C1\CC(C)(C)[C@@H](C(=O)OC)N1S(=O)(=O)c1ccc([N+](=O)[O-])cc1. The van der Waals surface area contributed by atoms with Gasteiger partial charge in [0.25, 0.3) is 15.7 Å². The number of nitrogens with zero attached hydrogens (tertiary/aromatic N) is 2. The minimum Gasteiger partial charge on any atom is -0.467 e. The lowest BCUT2D eigenvalue weighted by atomic mass is 9.84. The summed E-state index contributed by atoms with van der Waals surface area (Å²) in [4.78, 5) is 34.0. The first-order valence-corrected chi connectivity index (χ1v) is 9.55. The smallest absolute Gasteiger partial charge is 0.332 e. The maximum absolute atomic E-state index is 13.3. The topological polar surface area (TPSA) is 133 Å². The predicted octanol–water partition coefficient (Wildman–Crippen LogP) is 1.61. The number of sulfonamides is 1. The van der Waals surface area contributed by atoms with Gasteiger partial charge in [-0.25, -0.2) is 18.0 Å². The molecule has 1 aromatic rings. The number of nitro groups is 1. The number of esters is 2. The first-order chi connectivity index (χ1) is 13.0. The summed E-state index contributed by atoms with van der Waals surface area (Å²) in [6, 6.07) is 3.01. The molecule has 1 atom stereocenters. The van der Waals surface area contributed by atoms with Crippen LogP contribution in [-0.4, -0.2) is 49.8 Å². The first kappa shape index (κ1) is 21.4. The van der Waals surface area contributed by atoms with Crippen molar-refractivity contribution in [3.8, 4) is 0 Å². The highest BCUT2D eigenvalue weighted by molar-refractivity contribution is 7.89. The number of hydrogen-bond acceptors (Lipinski definition) is 8. The van der Waals surface area contributed by atoms with E-state index in [1.165, 1.54) is 0 Å². The summed E-state index contributed by atoms with van der Waals surface area (Å²) in [5.74, 6) is -1.57. The van der Waals surface area contributed by atoms with E-state index in [0.29, 0.717) is 0 Å². The molecule has 28 heavy (non-hydrogen) atoms. The molecule has 0 unspecified atom stereocenters. The average molecular weight is 412 g/mol. The van der Waals surface area contributed by atoms with E-state index in [0.717, 1.165) is 48.9 Å². The lowest BCUT2D eigenvalue weighted by molar-refractivity contribution is -0.384. The van der Waals surface area contributed by atoms with Crippen LogP contribution in [0.1, 0.15) is 20.3 Å². The highest BCUT2D eigenvalue weighted by Gasteiger charge is 2.53. The number of methoxy groups -OCH3 is 2. The van der Waals surface area contributed by atoms with Crippen molar-refractivity contribution in [2.75, 3.05) is 14.2 Å². The van der Waals surface area contributed by atoms with Crippen LogP contribution in [0.4, 0.5) is 5.69 Å². The van der Waals surface area contributed by atoms with E-state index in [9.17, 15) is 28.1 Å². The van der Waals surface area contributed by atoms with Gasteiger partial charge in [-0.3, -0.25) is 14.4 Å². The van der Waals surface area contributed by atoms with Crippen LogP contribution >= 0.6 is 0 Å². The molecule has 152 valence electrons. The molecule has 0 saturated carbocycles. The third-order valence-corrected chi connectivity index (χ3v) is 6.24. The van der Waals surface area contributed by atoms with Crippen molar-refractivity contribution in [1.29, 1.82) is 0 Å². The van der Waals surface area contributed by atoms with Gasteiger partial charge in [0.1, 0.15) is 6.04 Å². The Morgan fingerprint density at radius 2 is 1.79 bits per heavy atom. The van der Waals surface area contributed by atoms with Crippen LogP contribution in [-0.2, 0) is 29.1 Å². The molecule has 0 radical (unpaired) electrons. The Bertz CT molecular complexity index is 934. The maximum atomic E-state index is 13.3. The molecular formula is C17H20N2O8S. The Hall–Kier alpha value is -2.95. The molecule has 11 heteroatoms. The number of nitro benzene ring substituents is 1. The van der Waals surface area contributed by atoms with Gasteiger partial charge in [0.2, 0.25) is 0 Å². The van der Waals surface area contributed by atoms with E-state index >= 15 is 0 Å². The average Bonchev–Trinajstić information content (AvgIpc) is 2.91. The molecule has 1 aliphatic heterocycles. The molecule has 0 aromatic heterocycles. The largest absolute Gasteiger partial charge is 0.467 e. The van der Waals surface area contributed by atoms with Crippen molar-refractivity contribution in [2.45, 2.75) is 31.2 Å². The zero-order valence-electron chi connectivity index (χ0n) is 15.7. The lowest BCUT2D eigenvalue weighted by Gasteiger charge is -2.30. The Morgan fingerprint density at radius 3 is 2.25 bits per heavy atom. The van der Waals surface area contributed by atoms with Crippen LogP contribution in [0, 0.1) is 15.5 Å². The van der Waals surface area contributed by atoms with Crippen LogP contribution in [0.2, 0.25) is 0 Å². The van der Waals surface area contributed by atoms with Crippen molar-refractivity contribution in [1.82, 2.24) is 4.31 Å². The van der Waals surface area contributed by atoms with Crippen molar-refractivity contribution in [2.24, 2.45) is 5.41 Å². The molecule has 0 amide bonds. The number of rotatable bonds is 5. The molecule has 1 aliphatic rings. The monoisotopic (exact) mass is 412 g/mol. The van der Waals surface area contributed by atoms with Gasteiger partial charge >= 0.3 is 11.9 Å². The molecule has 0 aliphatic carbocycles. The van der Waals surface area contributed by atoms with Crippen molar-refractivity contribution < 1.29 is 32.4 Å². The van der Waals surface area contributed by atoms with Gasteiger partial charge in [-0.2, -0.15) is 0 Å². The van der Waals surface area contributed by atoms with Crippen molar-refractivity contribution in [3.05, 3.63) is 46.2 Å². The molecule has 1 aromatic carbocycles. The second kappa shape index (κ2) is 7.58. The van der Waals surface area contributed by atoms with Crippen LogP contribution in [0.3, 0.4) is 0 Å². The standard InChI is InChI=1S/C17H20N2O8S/c1-17(2)10-12(9-14(20)26-3)18(15(17)16(21)27-4)28(24,25)13-7-5-11(6-8-13)19(22)23/h5-9,15H,10H2,1-4H3/b12-9+/t15-/m1/s1. The number of hydrogen-bond donors (Lipinski definition) is 0. The summed E-state index contributed by atoms with van der Waals surface area (Å²) in [5.41, 5.74) is -1.10. The normalized spacial score (nSPS) is 20.1. The number of non-ortho nitro benzene ring substituents is 1. The van der Waals surface area contributed by atoms with Gasteiger partial charge in [0.15, 0.2) is 0 Å². The molecule has 10 nitrogen and oxygen atoms in total. The lowest BCUT2D eigenvalue weighted by Crippen LogP contribution is -2.46. The molecule has 0 spiro atoms. The van der Waals surface area contributed by atoms with Crippen LogP contribution in [0.5, 0.6) is 0 Å². The Balaban J connectivity index is 2.65. The zero-order valence-corrected chi connectivity index (χ0v) is 16.6. The fraction of sp³-hybridized carbons (Fsp3) is 0.412. The van der Waals surface area contributed by atoms with Crippen LogP contribution in [0.25, 0.3) is 0 Å². The quantitative estimate of drug-likeness (QED) is 0.308. The third kappa shape index (κ3) is 3.84. The highest BCUT2D eigenvalue weighted by Crippen LogP contribution is 2.46. The van der Waals surface area contributed by atoms with Gasteiger partial charge in [-0.05, 0) is 18.6 Å². The minimum absolute atomic E-state index is 0.0607. The van der Waals surface area contributed by atoms with Gasteiger partial charge < -0.3 is 9.47 Å². The Labute approximate surface area is 161 Å². The van der Waals surface area contributed by atoms with Crippen molar-refractivity contribution in [3.63, 3.8) is 0 Å². The summed E-state index contributed by atoms with van der Waals surface area (Å²) in [5, 5.41) is 10.8. The predicted molar refractivity (Wildman–Crippen MR) is 96.4 cm³/mol. The fourth-order valence-electron chi connectivity index (χ4n) is 3.11. The summed E-state index contributed by atoms with van der Waals surface area (Å²) < 4.78 is 36.7. The summed E-state index contributed by atoms with van der Waals surface area (Å²) in [7, 11) is -2.04. The van der Waals surface area contributed by atoms with E-state index in [1.54, 1.807) is 13.8 Å². The molecule has 1 heterocycles. The van der Waals surface area contributed by atoms with E-state index in [2.05, 4.69) is 4.74 Å². The van der Waals surface area contributed by atoms with Gasteiger partial charge in [-0.1, -0.05) is 13.8 Å². The molecule has 0 bridgehead atoms. The summed E-state index contributed by atoms with van der Waals surface area (Å²) >= 11 is 0. The summed E-state index contributed by atoms with van der Waals surface area (Å²) in [6.07, 6.45) is 1.10. The minimum atomic E-state index is -4.33. The summed E-state index contributed by atoms with van der Waals surface area (Å²) in [6.45, 7) is 3.34. The number of carbonyl (C=O) groups excluding carboxylic acids is 2. The van der Waals surface area contributed by atoms with Gasteiger partial charge in [0, 0.05) is 29.3 Å². The van der Waals surface area contributed by atoms with Crippen LogP contribution in [0.15, 0.2) is 40.9 Å². The highest BCUT2D eigenvalue weighted by atomic mass is 32.2. The Kier molecular flexibility index (Phi) is 5.78. The Morgan fingerprint density at radius 1 is 1.21 bits per heavy atom.